The molecule has 10 heteroatoms. The molecule has 2 heterocycles. The predicted molar refractivity (Wildman–Crippen MR) is 114 cm³/mol. The topological polar surface area (TPSA) is 106 Å². The average Bonchev–Trinajstić information content (AvgIpc) is 3.06. The van der Waals surface area contributed by atoms with Crippen molar-refractivity contribution in [2.75, 3.05) is 25.0 Å². The lowest BCUT2D eigenvalue weighted by Gasteiger charge is -2.26. The van der Waals surface area contributed by atoms with Gasteiger partial charge in [-0.3, -0.25) is 4.79 Å². The Morgan fingerprint density at radius 2 is 1.87 bits per heavy atom. The van der Waals surface area contributed by atoms with Crippen molar-refractivity contribution in [2.24, 2.45) is 0 Å². The number of benzene rings is 1. The number of carbonyl (C=O) groups excluding carboxylic acids is 2. The Hall–Kier alpha value is -2.30. The van der Waals surface area contributed by atoms with Gasteiger partial charge in [-0.25, -0.2) is 18.2 Å². The monoisotopic (exact) mass is 451 g/mol. The molecule has 1 fully saturated rings. The Balaban J connectivity index is 1.67. The van der Waals surface area contributed by atoms with Crippen molar-refractivity contribution < 1.29 is 22.7 Å². The van der Waals surface area contributed by atoms with E-state index in [9.17, 15) is 18.0 Å². The number of esters is 1. The number of aryl methyl sites for hydroxylation is 3. The van der Waals surface area contributed by atoms with E-state index in [1.54, 1.807) is 32.9 Å². The largest absolute Gasteiger partial charge is 0.451 e. The average molecular weight is 452 g/mol. The van der Waals surface area contributed by atoms with Crippen LogP contribution in [0, 0.1) is 20.8 Å². The maximum absolute atomic E-state index is 12.9. The van der Waals surface area contributed by atoms with Crippen LogP contribution in [0.2, 0.25) is 0 Å². The molecule has 0 spiro atoms. The first-order chi connectivity index (χ1) is 14.2. The van der Waals surface area contributed by atoms with Crippen LogP contribution in [0.1, 0.15) is 45.2 Å². The lowest BCUT2D eigenvalue weighted by Crippen LogP contribution is -2.35. The SMILES string of the molecule is Cc1nc(C)c(C(=O)OCC(=O)Nc2cc(S(=O)(=O)N3CCCCC3)ccc2C)s1. The molecule has 0 unspecified atom stereocenters. The second-order valence-corrected chi connectivity index (χ2v) is 10.4. The molecule has 0 saturated carbocycles. The zero-order valence-corrected chi connectivity index (χ0v) is 18.9. The zero-order valence-electron chi connectivity index (χ0n) is 17.2. The molecular weight excluding hydrogens is 426 g/mol. The number of nitrogens with one attached hydrogen (secondary N) is 1. The van der Waals surface area contributed by atoms with E-state index >= 15 is 0 Å². The number of sulfonamides is 1. The molecule has 162 valence electrons. The molecular formula is C20H25N3O5S2. The molecule has 0 aliphatic carbocycles. The summed E-state index contributed by atoms with van der Waals surface area (Å²) < 4.78 is 32.3. The summed E-state index contributed by atoms with van der Waals surface area (Å²) in [6.45, 7) is 5.79. The lowest BCUT2D eigenvalue weighted by molar-refractivity contribution is -0.119. The van der Waals surface area contributed by atoms with Crippen LogP contribution in [0.5, 0.6) is 0 Å². The molecule has 1 saturated heterocycles. The van der Waals surface area contributed by atoms with Gasteiger partial charge in [0.15, 0.2) is 6.61 Å². The molecule has 8 nitrogen and oxygen atoms in total. The van der Waals surface area contributed by atoms with Gasteiger partial charge in [0.05, 0.1) is 15.6 Å². The number of carbonyl (C=O) groups is 2. The van der Waals surface area contributed by atoms with Crippen LogP contribution in [0.25, 0.3) is 0 Å². The van der Waals surface area contributed by atoms with Crippen molar-refractivity contribution >= 4 is 38.9 Å². The molecule has 30 heavy (non-hydrogen) atoms. The molecule has 1 aromatic carbocycles. The summed E-state index contributed by atoms with van der Waals surface area (Å²) in [6.07, 6.45) is 2.72. The summed E-state index contributed by atoms with van der Waals surface area (Å²) in [7, 11) is -3.61. The van der Waals surface area contributed by atoms with Crippen LogP contribution in [0.4, 0.5) is 5.69 Å². The first-order valence-corrected chi connectivity index (χ1v) is 12.0. The number of ether oxygens (including phenoxy) is 1. The number of rotatable bonds is 6. The van der Waals surface area contributed by atoms with Gasteiger partial charge in [0.2, 0.25) is 10.0 Å². The van der Waals surface area contributed by atoms with Crippen LogP contribution in [-0.4, -0.2) is 49.3 Å². The van der Waals surface area contributed by atoms with Crippen molar-refractivity contribution in [3.8, 4) is 0 Å². The van der Waals surface area contributed by atoms with E-state index in [4.69, 9.17) is 4.74 Å². The second kappa shape index (κ2) is 9.23. The van der Waals surface area contributed by atoms with Crippen molar-refractivity contribution in [3.05, 3.63) is 39.3 Å². The van der Waals surface area contributed by atoms with Crippen LogP contribution in [0.15, 0.2) is 23.1 Å². The van der Waals surface area contributed by atoms with E-state index in [0.717, 1.165) is 24.3 Å². The van der Waals surface area contributed by atoms with Gasteiger partial charge in [-0.1, -0.05) is 12.5 Å². The summed E-state index contributed by atoms with van der Waals surface area (Å²) in [5.41, 5.74) is 1.65. The Bertz CT molecular complexity index is 1060. The highest BCUT2D eigenvalue weighted by atomic mass is 32.2. The summed E-state index contributed by atoms with van der Waals surface area (Å²) in [5.74, 6) is -1.15. The number of nitrogens with zero attached hydrogens (tertiary/aromatic N) is 2. The summed E-state index contributed by atoms with van der Waals surface area (Å²) in [4.78, 5) is 29.1. The molecule has 3 rings (SSSR count). The molecule has 2 aromatic rings. The van der Waals surface area contributed by atoms with Crippen molar-refractivity contribution in [1.82, 2.24) is 9.29 Å². The number of hydrogen-bond donors (Lipinski definition) is 1. The van der Waals surface area contributed by atoms with Gasteiger partial charge in [-0.05, 0) is 51.3 Å². The quantitative estimate of drug-likeness (QED) is 0.677. The third kappa shape index (κ3) is 5.05. The standard InChI is InChI=1S/C20H25N3O5S2/c1-13-7-8-16(30(26,27)23-9-5-4-6-10-23)11-17(13)22-18(24)12-28-20(25)19-14(2)21-15(3)29-19/h7-8,11H,4-6,9-10,12H2,1-3H3,(H,22,24). The second-order valence-electron chi connectivity index (χ2n) is 7.21. The van der Waals surface area contributed by atoms with Gasteiger partial charge >= 0.3 is 5.97 Å². The van der Waals surface area contributed by atoms with E-state index in [1.165, 1.54) is 21.7 Å². The van der Waals surface area contributed by atoms with Crippen molar-refractivity contribution in [3.63, 3.8) is 0 Å². The molecule has 1 aliphatic heterocycles. The van der Waals surface area contributed by atoms with Crippen molar-refractivity contribution in [1.29, 1.82) is 0 Å². The van der Waals surface area contributed by atoms with Gasteiger partial charge in [-0.2, -0.15) is 4.31 Å². The normalized spacial score (nSPS) is 15.0. The van der Waals surface area contributed by atoms with Crippen LogP contribution in [0.3, 0.4) is 0 Å². The summed E-state index contributed by atoms with van der Waals surface area (Å²) in [5, 5.41) is 3.38. The van der Waals surface area contributed by atoms with E-state index < -0.39 is 28.5 Å². The van der Waals surface area contributed by atoms with Crippen LogP contribution in [-0.2, 0) is 19.6 Å². The Kier molecular flexibility index (Phi) is 6.89. The third-order valence-corrected chi connectivity index (χ3v) is 7.81. The number of thiazole rings is 1. The predicted octanol–water partition coefficient (Wildman–Crippen LogP) is 3.04. The minimum absolute atomic E-state index is 0.137. The van der Waals surface area contributed by atoms with Gasteiger partial charge in [0.1, 0.15) is 4.88 Å². The molecule has 1 aromatic heterocycles. The third-order valence-electron chi connectivity index (χ3n) is 4.86. The zero-order chi connectivity index (χ0) is 21.9. The van der Waals surface area contributed by atoms with Gasteiger partial charge in [0, 0.05) is 18.8 Å². The number of anilines is 1. The van der Waals surface area contributed by atoms with Crippen LogP contribution >= 0.6 is 11.3 Å². The molecule has 0 bridgehead atoms. The van der Waals surface area contributed by atoms with Crippen molar-refractivity contribution in [2.45, 2.75) is 44.9 Å². The maximum Gasteiger partial charge on any atom is 0.350 e. The fourth-order valence-electron chi connectivity index (χ4n) is 3.25. The maximum atomic E-state index is 12.9. The number of amides is 1. The lowest BCUT2D eigenvalue weighted by atomic mass is 10.2. The Morgan fingerprint density at radius 1 is 1.17 bits per heavy atom. The highest BCUT2D eigenvalue weighted by Crippen LogP contribution is 2.25. The fraction of sp³-hybridized carbons (Fsp3) is 0.450. The van der Waals surface area contributed by atoms with E-state index in [2.05, 4.69) is 10.3 Å². The smallest absolute Gasteiger partial charge is 0.350 e. The summed E-state index contributed by atoms with van der Waals surface area (Å²) in [6, 6.07) is 4.65. The first kappa shape index (κ1) is 22.4. The number of hydrogen-bond acceptors (Lipinski definition) is 7. The summed E-state index contributed by atoms with van der Waals surface area (Å²) >= 11 is 1.21. The highest BCUT2D eigenvalue weighted by Gasteiger charge is 2.26. The minimum atomic E-state index is -3.61. The Morgan fingerprint density at radius 3 is 2.50 bits per heavy atom. The number of piperidine rings is 1. The van der Waals surface area contributed by atoms with Gasteiger partial charge in [0.25, 0.3) is 5.91 Å². The molecule has 1 N–H and O–H groups in total. The van der Waals surface area contributed by atoms with Crippen LogP contribution < -0.4 is 5.32 Å². The minimum Gasteiger partial charge on any atom is -0.451 e. The fourth-order valence-corrected chi connectivity index (χ4v) is 5.61. The van der Waals surface area contributed by atoms with E-state index in [1.807, 2.05) is 0 Å². The molecule has 0 atom stereocenters. The van der Waals surface area contributed by atoms with E-state index in [-0.39, 0.29) is 4.90 Å². The number of aromatic nitrogens is 1. The molecule has 1 amide bonds. The molecule has 0 radical (unpaired) electrons. The highest BCUT2D eigenvalue weighted by molar-refractivity contribution is 7.89. The Labute approximate surface area is 180 Å². The van der Waals surface area contributed by atoms with E-state index in [0.29, 0.717) is 34.9 Å². The first-order valence-electron chi connectivity index (χ1n) is 9.70. The molecule has 1 aliphatic rings. The van der Waals surface area contributed by atoms with Gasteiger partial charge < -0.3 is 10.1 Å². The van der Waals surface area contributed by atoms with Gasteiger partial charge in [-0.15, -0.1) is 11.3 Å².